The van der Waals surface area contributed by atoms with Gasteiger partial charge in [0.25, 0.3) is 0 Å². The highest BCUT2D eigenvalue weighted by Crippen LogP contribution is 2.02. The first-order valence-electron chi connectivity index (χ1n) is 3.79. The number of rotatable bonds is 6. The van der Waals surface area contributed by atoms with Gasteiger partial charge in [-0.2, -0.15) is 0 Å². The fourth-order valence-corrected chi connectivity index (χ4v) is 1.59. The summed E-state index contributed by atoms with van der Waals surface area (Å²) in [7, 11) is -2.92. The van der Waals surface area contributed by atoms with Gasteiger partial charge in [0.15, 0.2) is 0 Å². The van der Waals surface area contributed by atoms with Gasteiger partial charge in [-0.25, -0.2) is 0 Å². The normalized spacial score (nSPS) is 11.6. The third-order valence-corrected chi connectivity index (χ3v) is 2.58. The van der Waals surface area contributed by atoms with Crippen LogP contribution in [0, 0.1) is 0 Å². The van der Waals surface area contributed by atoms with Gasteiger partial charge in [-0.3, -0.25) is 4.79 Å². The molecule has 0 atom stereocenters. The fraction of sp³-hybridized carbons (Fsp3) is 0.833. The molecule has 0 saturated heterocycles. The first kappa shape index (κ1) is 11.6. The third-order valence-electron chi connectivity index (χ3n) is 1.28. The Bertz CT molecular complexity index is 145. The minimum absolute atomic E-state index is 0.0743. The summed E-state index contributed by atoms with van der Waals surface area (Å²) >= 11 is 0. The number of aliphatic carboxylic acids is 1. The number of carbonyl (C=O) groups is 1. The van der Waals surface area contributed by atoms with Gasteiger partial charge >= 0.3 is 14.5 Å². The van der Waals surface area contributed by atoms with E-state index in [0.717, 1.165) is 0 Å². The molecular weight excluding hydrogens is 178 g/mol. The van der Waals surface area contributed by atoms with Gasteiger partial charge in [-0.05, 0) is 25.6 Å². The van der Waals surface area contributed by atoms with Crippen molar-refractivity contribution >= 4 is 14.5 Å². The Labute approximate surface area is 72.3 Å². The molecule has 4 N–H and O–H groups in total. The number of hydrogen-bond donors (Lipinski definition) is 4. The maximum atomic E-state index is 10.0. The molecular formula is C6H15NO4Si. The van der Waals surface area contributed by atoms with Crippen LogP contribution in [-0.4, -0.2) is 42.3 Å². The largest absolute Gasteiger partial charge is 0.480 e. The Kier molecular flexibility index (Phi) is 5.06. The fourth-order valence-electron chi connectivity index (χ4n) is 0.744. The maximum absolute atomic E-state index is 10.0. The van der Waals surface area contributed by atoms with Crippen LogP contribution in [0.25, 0.3) is 0 Å². The predicted molar refractivity (Wildman–Crippen MR) is 46.0 cm³/mol. The second kappa shape index (κ2) is 5.25. The smallest absolute Gasteiger partial charge is 0.329 e. The molecule has 0 aliphatic carbocycles. The molecule has 5 nitrogen and oxygen atoms in total. The van der Waals surface area contributed by atoms with Gasteiger partial charge in [-0.15, -0.1) is 0 Å². The molecule has 72 valence electrons. The lowest BCUT2D eigenvalue weighted by atomic mass is 10.5. The topological polar surface area (TPSA) is 89.8 Å². The van der Waals surface area contributed by atoms with Gasteiger partial charge in [0.05, 0.1) is 6.54 Å². The zero-order chi connectivity index (χ0) is 9.61. The summed E-state index contributed by atoms with van der Waals surface area (Å²) in [4.78, 5) is 28.0. The minimum atomic E-state index is -2.92. The third kappa shape index (κ3) is 9.57. The number of nitrogens with one attached hydrogen (secondary N) is 1. The molecule has 0 rings (SSSR count). The molecule has 0 unspecified atom stereocenters. The number of carboxylic acids is 1. The molecule has 0 fully saturated rings. The lowest BCUT2D eigenvalue weighted by molar-refractivity contribution is -0.135. The Balaban J connectivity index is 3.17. The van der Waals surface area contributed by atoms with Crippen molar-refractivity contribution < 1.29 is 19.5 Å². The highest BCUT2D eigenvalue weighted by molar-refractivity contribution is 6.63. The average Bonchev–Trinajstić information content (AvgIpc) is 1.83. The minimum Gasteiger partial charge on any atom is -0.480 e. The van der Waals surface area contributed by atoms with Crippen molar-refractivity contribution in [3.05, 3.63) is 0 Å². The van der Waals surface area contributed by atoms with Gasteiger partial charge in [0.1, 0.15) is 0 Å². The molecule has 0 aromatic heterocycles. The van der Waals surface area contributed by atoms with Crippen LogP contribution < -0.4 is 5.32 Å². The van der Waals surface area contributed by atoms with E-state index < -0.39 is 14.5 Å². The Morgan fingerprint density at radius 3 is 2.50 bits per heavy atom. The van der Waals surface area contributed by atoms with E-state index in [2.05, 4.69) is 5.32 Å². The van der Waals surface area contributed by atoms with Crippen LogP contribution in [0.15, 0.2) is 0 Å². The summed E-state index contributed by atoms with van der Waals surface area (Å²) in [6.07, 6.45) is 0.600. The SMILES string of the molecule is C[Si](O)(O)CCCNCC(=O)O. The van der Waals surface area contributed by atoms with Crippen molar-refractivity contribution in [2.45, 2.75) is 19.0 Å². The second-order valence-corrected chi connectivity index (χ2v) is 5.83. The Hall–Kier alpha value is -0.433. The van der Waals surface area contributed by atoms with Crippen LogP contribution in [0.3, 0.4) is 0 Å². The molecule has 6 heteroatoms. The van der Waals surface area contributed by atoms with E-state index in [1.807, 2.05) is 0 Å². The van der Waals surface area contributed by atoms with E-state index >= 15 is 0 Å². The molecule has 0 heterocycles. The highest BCUT2D eigenvalue weighted by atomic mass is 28.4. The van der Waals surface area contributed by atoms with Crippen LogP contribution in [-0.2, 0) is 4.79 Å². The van der Waals surface area contributed by atoms with Gasteiger partial charge in [-0.1, -0.05) is 0 Å². The van der Waals surface area contributed by atoms with Gasteiger partial charge < -0.3 is 20.0 Å². The molecule has 0 bridgehead atoms. The Morgan fingerprint density at radius 1 is 1.50 bits per heavy atom. The van der Waals surface area contributed by atoms with Crippen molar-refractivity contribution in [1.82, 2.24) is 5.32 Å². The quantitative estimate of drug-likeness (QED) is 0.324. The summed E-state index contributed by atoms with van der Waals surface area (Å²) in [6, 6.07) is 0.375. The zero-order valence-corrected chi connectivity index (χ0v) is 8.08. The van der Waals surface area contributed by atoms with Crippen molar-refractivity contribution in [2.24, 2.45) is 0 Å². The first-order chi connectivity index (χ1) is 5.42. The lowest BCUT2D eigenvalue weighted by Gasteiger charge is -2.10. The summed E-state index contributed by atoms with van der Waals surface area (Å²) in [5.74, 6) is -0.900. The monoisotopic (exact) mass is 193 g/mol. The summed E-state index contributed by atoms with van der Waals surface area (Å²) in [5, 5.41) is 10.9. The van der Waals surface area contributed by atoms with Crippen LogP contribution in [0.2, 0.25) is 12.6 Å². The van der Waals surface area contributed by atoms with E-state index in [4.69, 9.17) is 14.7 Å². The second-order valence-electron chi connectivity index (χ2n) is 2.89. The van der Waals surface area contributed by atoms with Gasteiger partial charge in [0.2, 0.25) is 0 Å². The lowest BCUT2D eigenvalue weighted by Crippen LogP contribution is -2.31. The molecule has 0 amide bonds. The first-order valence-corrected chi connectivity index (χ1v) is 6.39. The maximum Gasteiger partial charge on any atom is 0.329 e. The Morgan fingerprint density at radius 2 is 2.08 bits per heavy atom. The molecule has 0 aliphatic heterocycles. The van der Waals surface area contributed by atoms with Crippen LogP contribution >= 0.6 is 0 Å². The standard InChI is InChI=1S/C6H15NO4Si/c1-12(10,11)4-2-3-7-5-6(8)9/h7,10-11H,2-5H2,1H3,(H,8,9). The van der Waals surface area contributed by atoms with Gasteiger partial charge in [0, 0.05) is 0 Å². The predicted octanol–water partition coefficient (Wildman–Crippen LogP) is -0.893. The van der Waals surface area contributed by atoms with E-state index in [0.29, 0.717) is 19.0 Å². The van der Waals surface area contributed by atoms with Crippen LogP contribution in [0.1, 0.15) is 6.42 Å². The van der Waals surface area contributed by atoms with E-state index in [1.165, 1.54) is 6.55 Å². The molecule has 0 aliphatic rings. The highest BCUT2D eigenvalue weighted by Gasteiger charge is 2.19. The molecule has 12 heavy (non-hydrogen) atoms. The van der Waals surface area contributed by atoms with Crippen molar-refractivity contribution in [2.75, 3.05) is 13.1 Å². The van der Waals surface area contributed by atoms with Crippen molar-refractivity contribution in [1.29, 1.82) is 0 Å². The summed E-state index contributed by atoms with van der Waals surface area (Å²) in [5.41, 5.74) is 0. The van der Waals surface area contributed by atoms with E-state index in [1.54, 1.807) is 0 Å². The molecule has 0 aromatic carbocycles. The van der Waals surface area contributed by atoms with Crippen LogP contribution in [0.4, 0.5) is 0 Å². The summed E-state index contributed by atoms with van der Waals surface area (Å²) in [6.45, 7) is 1.87. The van der Waals surface area contributed by atoms with E-state index in [9.17, 15) is 4.79 Å². The molecule has 0 aromatic rings. The van der Waals surface area contributed by atoms with Crippen LogP contribution in [0.5, 0.6) is 0 Å². The zero-order valence-electron chi connectivity index (χ0n) is 7.08. The molecule has 0 saturated carbocycles. The number of hydrogen-bond acceptors (Lipinski definition) is 4. The molecule has 0 radical (unpaired) electrons. The van der Waals surface area contributed by atoms with Crippen molar-refractivity contribution in [3.8, 4) is 0 Å². The molecule has 0 spiro atoms. The average molecular weight is 193 g/mol. The number of carboxylic acid groups (broad SMARTS) is 1. The van der Waals surface area contributed by atoms with E-state index in [-0.39, 0.29) is 6.54 Å². The van der Waals surface area contributed by atoms with Crippen molar-refractivity contribution in [3.63, 3.8) is 0 Å². The summed E-state index contributed by atoms with van der Waals surface area (Å²) < 4.78 is 0.